The van der Waals surface area contributed by atoms with E-state index in [1.165, 1.54) is 0 Å². The van der Waals surface area contributed by atoms with Crippen molar-refractivity contribution in [3.8, 4) is 11.6 Å². The first kappa shape index (κ1) is 18.1. The van der Waals surface area contributed by atoms with E-state index in [1.54, 1.807) is 10.8 Å². The molecule has 1 aliphatic rings. The van der Waals surface area contributed by atoms with Gasteiger partial charge in [0.25, 0.3) is 5.89 Å². The van der Waals surface area contributed by atoms with Crippen molar-refractivity contribution in [1.29, 1.82) is 0 Å². The average molecular weight is 378 g/mol. The van der Waals surface area contributed by atoms with Gasteiger partial charge < -0.3 is 9.42 Å². The van der Waals surface area contributed by atoms with E-state index < -0.39 is 0 Å². The van der Waals surface area contributed by atoms with Crippen LogP contribution in [0.4, 0.5) is 0 Å². The van der Waals surface area contributed by atoms with Crippen LogP contribution in [0.25, 0.3) is 17.7 Å². The number of carbonyl (C=O) groups is 1. The highest BCUT2D eigenvalue weighted by Gasteiger charge is 2.25. The number of benzene rings is 1. The van der Waals surface area contributed by atoms with Crippen molar-refractivity contribution < 1.29 is 9.32 Å². The topological polar surface area (TPSA) is 89.9 Å². The highest BCUT2D eigenvalue weighted by Crippen LogP contribution is 2.23. The van der Waals surface area contributed by atoms with E-state index in [1.807, 2.05) is 54.4 Å². The van der Waals surface area contributed by atoms with Crippen molar-refractivity contribution in [3.05, 3.63) is 54.0 Å². The zero-order chi connectivity index (χ0) is 19.3. The number of amides is 1. The minimum Gasteiger partial charge on any atom is -0.337 e. The van der Waals surface area contributed by atoms with Crippen molar-refractivity contribution in [2.45, 2.75) is 32.2 Å². The summed E-state index contributed by atoms with van der Waals surface area (Å²) < 4.78 is 7.02. The second kappa shape index (κ2) is 8.16. The van der Waals surface area contributed by atoms with Crippen LogP contribution in [0.2, 0.25) is 0 Å². The normalized spacial score (nSPS) is 17.3. The molecule has 0 spiro atoms. The Kier molecular flexibility index (Phi) is 5.27. The molecule has 3 heterocycles. The Morgan fingerprint density at radius 1 is 1.32 bits per heavy atom. The summed E-state index contributed by atoms with van der Waals surface area (Å²) in [7, 11) is 0. The van der Waals surface area contributed by atoms with Crippen molar-refractivity contribution in [3.63, 3.8) is 0 Å². The SMILES string of the molecule is CCc1noc(-c2cn(C3CCCN(C(=O)C=Cc4ccccc4)C3)nn2)n1. The molecular weight excluding hydrogens is 356 g/mol. The van der Waals surface area contributed by atoms with Gasteiger partial charge in [-0.05, 0) is 24.5 Å². The molecule has 1 aromatic carbocycles. The van der Waals surface area contributed by atoms with Crippen LogP contribution in [0.5, 0.6) is 0 Å². The molecular formula is C20H22N6O2. The van der Waals surface area contributed by atoms with Crippen LogP contribution in [0.3, 0.4) is 0 Å². The summed E-state index contributed by atoms with van der Waals surface area (Å²) in [6, 6.07) is 9.89. The third-order valence-electron chi connectivity index (χ3n) is 4.81. The number of likely N-dealkylation sites (tertiary alicyclic amines) is 1. The maximum atomic E-state index is 12.6. The number of nitrogens with zero attached hydrogens (tertiary/aromatic N) is 6. The molecule has 1 atom stereocenters. The molecule has 2 aromatic heterocycles. The van der Waals surface area contributed by atoms with Crippen LogP contribution in [-0.4, -0.2) is 49.0 Å². The average Bonchev–Trinajstić information content (AvgIpc) is 3.42. The van der Waals surface area contributed by atoms with E-state index in [9.17, 15) is 4.79 Å². The Labute approximate surface area is 162 Å². The number of hydrogen-bond donors (Lipinski definition) is 0. The number of rotatable bonds is 5. The van der Waals surface area contributed by atoms with Gasteiger partial charge in [0.05, 0.1) is 12.2 Å². The molecule has 144 valence electrons. The smallest absolute Gasteiger partial charge is 0.280 e. The minimum atomic E-state index is 0.0124. The van der Waals surface area contributed by atoms with Gasteiger partial charge in [-0.2, -0.15) is 4.98 Å². The Morgan fingerprint density at radius 2 is 2.18 bits per heavy atom. The molecule has 4 rings (SSSR count). The Hall–Kier alpha value is -3.29. The van der Waals surface area contributed by atoms with Gasteiger partial charge in [0.1, 0.15) is 0 Å². The van der Waals surface area contributed by atoms with Crippen LogP contribution < -0.4 is 0 Å². The predicted molar refractivity (Wildman–Crippen MR) is 103 cm³/mol. The molecule has 1 aliphatic heterocycles. The van der Waals surface area contributed by atoms with Gasteiger partial charge in [-0.25, -0.2) is 4.68 Å². The monoisotopic (exact) mass is 378 g/mol. The quantitative estimate of drug-likeness (QED) is 0.634. The van der Waals surface area contributed by atoms with Crippen LogP contribution in [0, 0.1) is 0 Å². The van der Waals surface area contributed by atoms with Gasteiger partial charge in [0.2, 0.25) is 5.91 Å². The summed E-state index contributed by atoms with van der Waals surface area (Å²) in [5, 5.41) is 12.3. The van der Waals surface area contributed by atoms with E-state index in [-0.39, 0.29) is 11.9 Å². The lowest BCUT2D eigenvalue weighted by atomic mass is 10.1. The number of carbonyl (C=O) groups excluding carboxylic acids is 1. The first-order valence-electron chi connectivity index (χ1n) is 9.49. The van der Waals surface area contributed by atoms with E-state index in [0.717, 1.165) is 24.9 Å². The fourth-order valence-corrected chi connectivity index (χ4v) is 3.26. The zero-order valence-corrected chi connectivity index (χ0v) is 15.7. The molecule has 1 unspecified atom stereocenters. The lowest BCUT2D eigenvalue weighted by Crippen LogP contribution is -2.40. The van der Waals surface area contributed by atoms with Gasteiger partial charge in [-0.15, -0.1) is 5.10 Å². The molecule has 1 amide bonds. The van der Waals surface area contributed by atoms with Crippen molar-refractivity contribution >= 4 is 12.0 Å². The second-order valence-corrected chi connectivity index (χ2v) is 6.78. The molecule has 0 radical (unpaired) electrons. The number of piperidine rings is 1. The van der Waals surface area contributed by atoms with Gasteiger partial charge in [0, 0.05) is 25.6 Å². The summed E-state index contributed by atoms with van der Waals surface area (Å²) >= 11 is 0. The Bertz CT molecular complexity index is 962. The van der Waals surface area contributed by atoms with E-state index in [2.05, 4.69) is 20.5 Å². The molecule has 3 aromatic rings. The Morgan fingerprint density at radius 3 is 2.96 bits per heavy atom. The molecule has 0 aliphatic carbocycles. The van der Waals surface area contributed by atoms with Crippen LogP contribution in [-0.2, 0) is 11.2 Å². The molecule has 0 bridgehead atoms. The number of hydrogen-bond acceptors (Lipinski definition) is 6. The molecule has 1 fully saturated rings. The van der Waals surface area contributed by atoms with Crippen LogP contribution in [0.15, 0.2) is 47.1 Å². The molecule has 0 saturated carbocycles. The summed E-state index contributed by atoms with van der Waals surface area (Å²) in [5.74, 6) is 1.03. The minimum absolute atomic E-state index is 0.0124. The van der Waals surface area contributed by atoms with E-state index >= 15 is 0 Å². The lowest BCUT2D eigenvalue weighted by molar-refractivity contribution is -0.127. The second-order valence-electron chi connectivity index (χ2n) is 6.78. The third kappa shape index (κ3) is 4.00. The van der Waals surface area contributed by atoms with Gasteiger partial charge in [-0.1, -0.05) is 47.6 Å². The Balaban J connectivity index is 1.42. The highest BCUT2D eigenvalue weighted by molar-refractivity contribution is 5.91. The fourth-order valence-electron chi connectivity index (χ4n) is 3.26. The predicted octanol–water partition coefficient (Wildman–Crippen LogP) is 2.77. The number of aromatic nitrogens is 5. The van der Waals surface area contributed by atoms with Crippen LogP contribution >= 0.6 is 0 Å². The molecule has 8 nitrogen and oxygen atoms in total. The maximum Gasteiger partial charge on any atom is 0.280 e. The van der Waals surface area contributed by atoms with Crippen LogP contribution in [0.1, 0.15) is 37.2 Å². The highest BCUT2D eigenvalue weighted by atomic mass is 16.5. The maximum absolute atomic E-state index is 12.6. The molecule has 0 N–H and O–H groups in total. The molecule has 28 heavy (non-hydrogen) atoms. The summed E-state index contributed by atoms with van der Waals surface area (Å²) in [4.78, 5) is 18.7. The van der Waals surface area contributed by atoms with Crippen molar-refractivity contribution in [1.82, 2.24) is 30.0 Å². The summed E-state index contributed by atoms with van der Waals surface area (Å²) in [6.07, 6.45) is 7.86. The van der Waals surface area contributed by atoms with E-state index in [4.69, 9.17) is 4.52 Å². The van der Waals surface area contributed by atoms with E-state index in [0.29, 0.717) is 30.4 Å². The van der Waals surface area contributed by atoms with Gasteiger partial charge >= 0.3 is 0 Å². The largest absolute Gasteiger partial charge is 0.337 e. The standard InChI is InChI=1S/C20H22N6O2/c1-2-18-21-20(28-23-18)17-14-26(24-22-17)16-9-6-12-25(13-16)19(27)11-10-15-7-4-3-5-8-15/h3-5,7-8,10-11,14,16H,2,6,9,12-13H2,1H3. The van der Waals surface area contributed by atoms with Gasteiger partial charge in [0.15, 0.2) is 11.5 Å². The lowest BCUT2D eigenvalue weighted by Gasteiger charge is -2.31. The summed E-state index contributed by atoms with van der Waals surface area (Å²) in [6.45, 7) is 3.32. The zero-order valence-electron chi connectivity index (χ0n) is 15.7. The molecule has 8 heteroatoms. The first-order valence-corrected chi connectivity index (χ1v) is 9.49. The molecule has 1 saturated heterocycles. The fraction of sp³-hybridized carbons (Fsp3) is 0.350. The number of aryl methyl sites for hydroxylation is 1. The van der Waals surface area contributed by atoms with Gasteiger partial charge in [-0.3, -0.25) is 4.79 Å². The third-order valence-corrected chi connectivity index (χ3v) is 4.81. The van der Waals surface area contributed by atoms with Crippen molar-refractivity contribution in [2.75, 3.05) is 13.1 Å². The first-order chi connectivity index (χ1) is 13.7. The summed E-state index contributed by atoms with van der Waals surface area (Å²) in [5.41, 5.74) is 1.57. The van der Waals surface area contributed by atoms with Crippen molar-refractivity contribution in [2.24, 2.45) is 0 Å².